The molecule has 1 aromatic carbocycles. The predicted molar refractivity (Wildman–Crippen MR) is 81.7 cm³/mol. The molecule has 1 fully saturated rings. The number of alkyl halides is 1. The van der Waals surface area contributed by atoms with E-state index in [9.17, 15) is 9.90 Å². The summed E-state index contributed by atoms with van der Waals surface area (Å²) in [7, 11) is 0. The van der Waals surface area contributed by atoms with Gasteiger partial charge < -0.3 is 10.4 Å². The van der Waals surface area contributed by atoms with Crippen molar-refractivity contribution >= 4 is 29.1 Å². The highest BCUT2D eigenvalue weighted by Crippen LogP contribution is 2.41. The number of likely N-dealkylation sites (tertiary alicyclic amines) is 1. The van der Waals surface area contributed by atoms with E-state index in [0.29, 0.717) is 5.02 Å². The van der Waals surface area contributed by atoms with Gasteiger partial charge in [-0.2, -0.15) is 0 Å². The number of aliphatic hydroxyl groups is 1. The quantitative estimate of drug-likeness (QED) is 0.649. The molecule has 4 nitrogen and oxygen atoms in total. The number of benzene rings is 1. The van der Waals surface area contributed by atoms with Crippen LogP contribution in [0.1, 0.15) is 18.0 Å². The highest BCUT2D eigenvalue weighted by Gasteiger charge is 2.49. The molecule has 3 rings (SSSR count). The van der Waals surface area contributed by atoms with Crippen molar-refractivity contribution in [2.45, 2.75) is 23.7 Å². The normalized spacial score (nSPS) is 31.6. The Morgan fingerprint density at radius 2 is 2.19 bits per heavy atom. The molecule has 21 heavy (non-hydrogen) atoms. The Balaban J connectivity index is 2.01. The average Bonchev–Trinajstić information content (AvgIpc) is 2.76. The summed E-state index contributed by atoms with van der Waals surface area (Å²) in [5, 5.41) is 12.3. The van der Waals surface area contributed by atoms with Gasteiger partial charge in [-0.05, 0) is 36.0 Å². The second-order valence-electron chi connectivity index (χ2n) is 5.07. The van der Waals surface area contributed by atoms with Crippen molar-refractivity contribution in [2.75, 3.05) is 0 Å². The number of dihydropyridines is 1. The van der Waals surface area contributed by atoms with E-state index in [1.54, 1.807) is 36.6 Å². The zero-order valence-electron chi connectivity index (χ0n) is 11.0. The zero-order valence-corrected chi connectivity index (χ0v) is 12.6. The Hall–Kier alpha value is -1.49. The van der Waals surface area contributed by atoms with Gasteiger partial charge in [-0.25, -0.2) is 0 Å². The van der Waals surface area contributed by atoms with E-state index in [2.05, 4.69) is 5.32 Å². The number of aliphatic hydroxyl groups excluding tert-OH is 1. The summed E-state index contributed by atoms with van der Waals surface area (Å²) in [5.41, 5.74) is 0.845. The van der Waals surface area contributed by atoms with Crippen molar-refractivity contribution in [3.05, 3.63) is 59.3 Å². The Kier molecular flexibility index (Phi) is 3.69. The van der Waals surface area contributed by atoms with Crippen LogP contribution >= 0.6 is 23.2 Å². The summed E-state index contributed by atoms with van der Waals surface area (Å²) in [4.78, 5) is 13.8. The van der Waals surface area contributed by atoms with Gasteiger partial charge in [0.05, 0.1) is 6.04 Å². The molecule has 0 bridgehead atoms. The van der Waals surface area contributed by atoms with Gasteiger partial charge in [0.1, 0.15) is 6.10 Å². The molecule has 0 spiro atoms. The van der Waals surface area contributed by atoms with Crippen LogP contribution in [0.3, 0.4) is 0 Å². The molecule has 3 atom stereocenters. The fourth-order valence-corrected chi connectivity index (χ4v) is 3.26. The molecule has 1 amide bonds. The maximum Gasteiger partial charge on any atom is 0.255 e. The van der Waals surface area contributed by atoms with Crippen LogP contribution in [0, 0.1) is 0 Å². The number of nitrogens with zero attached hydrogens (tertiary/aromatic N) is 1. The van der Waals surface area contributed by atoms with Crippen LogP contribution in [-0.2, 0) is 4.79 Å². The number of carbonyl (C=O) groups is 1. The lowest BCUT2D eigenvalue weighted by Crippen LogP contribution is -2.54. The molecular formula is C15H14Cl2N2O2. The maximum absolute atomic E-state index is 12.3. The topological polar surface area (TPSA) is 52.6 Å². The van der Waals surface area contributed by atoms with E-state index in [1.807, 2.05) is 12.1 Å². The number of hydrogen-bond donors (Lipinski definition) is 2. The summed E-state index contributed by atoms with van der Waals surface area (Å²) in [6.45, 7) is 0. The molecule has 2 aliphatic rings. The first-order chi connectivity index (χ1) is 10.0. The van der Waals surface area contributed by atoms with E-state index < -0.39 is 17.1 Å². The number of hydrogen-bond acceptors (Lipinski definition) is 3. The lowest BCUT2D eigenvalue weighted by atomic mass is 10.0. The van der Waals surface area contributed by atoms with Crippen LogP contribution in [0.5, 0.6) is 0 Å². The van der Waals surface area contributed by atoms with Crippen LogP contribution in [0.4, 0.5) is 0 Å². The van der Waals surface area contributed by atoms with Gasteiger partial charge in [0.2, 0.25) is 5.12 Å². The maximum atomic E-state index is 12.3. The Morgan fingerprint density at radius 3 is 2.86 bits per heavy atom. The van der Waals surface area contributed by atoms with Gasteiger partial charge in [-0.3, -0.25) is 9.69 Å². The van der Waals surface area contributed by atoms with Crippen LogP contribution in [0.25, 0.3) is 0 Å². The second kappa shape index (κ2) is 5.37. The fourth-order valence-electron chi connectivity index (χ4n) is 2.72. The van der Waals surface area contributed by atoms with Crippen molar-refractivity contribution in [3.8, 4) is 0 Å². The molecule has 0 saturated carbocycles. The van der Waals surface area contributed by atoms with E-state index in [-0.39, 0.29) is 12.5 Å². The number of halogens is 2. The molecule has 3 unspecified atom stereocenters. The largest absolute Gasteiger partial charge is 0.383 e. The van der Waals surface area contributed by atoms with Gasteiger partial charge in [0.15, 0.2) is 0 Å². The van der Waals surface area contributed by atoms with Crippen LogP contribution in [-0.4, -0.2) is 27.1 Å². The number of allylic oxidation sites excluding steroid dienone is 2. The lowest BCUT2D eigenvalue weighted by Gasteiger charge is -2.39. The number of carbonyl (C=O) groups excluding carboxylic acids is 1. The summed E-state index contributed by atoms with van der Waals surface area (Å²) < 4.78 is 0. The van der Waals surface area contributed by atoms with Crippen LogP contribution in [0.2, 0.25) is 5.02 Å². The minimum Gasteiger partial charge on any atom is -0.383 e. The number of amides is 1. The second-order valence-corrected chi connectivity index (χ2v) is 6.08. The third-order valence-corrected chi connectivity index (χ3v) is 4.33. The SMILES string of the molecule is O=C1C(O)CC(c2cccc(Cl)c2)N1C1(Cl)C=CC=CN1. The van der Waals surface area contributed by atoms with Crippen molar-refractivity contribution in [2.24, 2.45) is 0 Å². The smallest absolute Gasteiger partial charge is 0.255 e. The third-order valence-electron chi connectivity index (χ3n) is 3.67. The Morgan fingerprint density at radius 1 is 1.38 bits per heavy atom. The summed E-state index contributed by atoms with van der Waals surface area (Å²) in [6, 6.07) is 6.90. The molecule has 6 heteroatoms. The van der Waals surface area contributed by atoms with Crippen molar-refractivity contribution in [1.82, 2.24) is 10.2 Å². The predicted octanol–water partition coefficient (Wildman–Crippen LogP) is 2.54. The lowest BCUT2D eigenvalue weighted by molar-refractivity contribution is -0.138. The third kappa shape index (κ3) is 2.55. The molecule has 1 saturated heterocycles. The average molecular weight is 325 g/mol. The molecule has 2 N–H and O–H groups in total. The Labute approximate surface area is 132 Å². The first-order valence-electron chi connectivity index (χ1n) is 6.59. The van der Waals surface area contributed by atoms with E-state index in [1.165, 1.54) is 4.90 Å². The monoisotopic (exact) mass is 324 g/mol. The number of nitrogens with one attached hydrogen (secondary N) is 1. The first kappa shape index (κ1) is 14.4. The highest BCUT2D eigenvalue weighted by atomic mass is 35.5. The van der Waals surface area contributed by atoms with E-state index in [4.69, 9.17) is 23.2 Å². The van der Waals surface area contributed by atoms with Crippen LogP contribution < -0.4 is 5.32 Å². The fraction of sp³-hybridized carbons (Fsp3) is 0.267. The van der Waals surface area contributed by atoms with Crippen molar-refractivity contribution in [1.29, 1.82) is 0 Å². The zero-order chi connectivity index (χ0) is 15.0. The molecule has 2 aliphatic heterocycles. The van der Waals surface area contributed by atoms with Gasteiger partial charge in [0.25, 0.3) is 5.91 Å². The van der Waals surface area contributed by atoms with Crippen LogP contribution in [0.15, 0.2) is 48.7 Å². The molecule has 2 heterocycles. The molecule has 110 valence electrons. The molecule has 1 aromatic rings. The van der Waals surface area contributed by atoms with E-state index in [0.717, 1.165) is 5.56 Å². The van der Waals surface area contributed by atoms with Gasteiger partial charge in [-0.1, -0.05) is 41.4 Å². The standard InChI is InChI=1S/C15H14Cl2N2O2/c16-11-5-3-4-10(8-11)12-9-13(20)14(21)19(12)15(17)6-1-2-7-18-15/h1-8,12-13,18,20H,9H2. The van der Waals surface area contributed by atoms with Crippen molar-refractivity contribution in [3.63, 3.8) is 0 Å². The molecule has 0 radical (unpaired) electrons. The molecular weight excluding hydrogens is 311 g/mol. The van der Waals surface area contributed by atoms with Gasteiger partial charge >= 0.3 is 0 Å². The summed E-state index contributed by atoms with van der Waals surface area (Å²) >= 11 is 12.6. The number of rotatable bonds is 2. The van der Waals surface area contributed by atoms with E-state index >= 15 is 0 Å². The highest BCUT2D eigenvalue weighted by molar-refractivity contribution is 6.30. The molecule has 0 aliphatic carbocycles. The minimum absolute atomic E-state index is 0.285. The Bertz CT molecular complexity index is 632. The van der Waals surface area contributed by atoms with Gasteiger partial charge in [-0.15, -0.1) is 0 Å². The van der Waals surface area contributed by atoms with Gasteiger partial charge in [0, 0.05) is 11.4 Å². The minimum atomic E-state index is -1.18. The van der Waals surface area contributed by atoms with Crippen molar-refractivity contribution < 1.29 is 9.90 Å². The summed E-state index contributed by atoms with van der Waals surface area (Å²) in [5.74, 6) is -0.401. The molecule has 0 aromatic heterocycles. The first-order valence-corrected chi connectivity index (χ1v) is 7.34. The summed E-state index contributed by atoms with van der Waals surface area (Å²) in [6.07, 6.45) is 6.11.